The summed E-state index contributed by atoms with van der Waals surface area (Å²) in [6.45, 7) is 8.70. The van der Waals surface area contributed by atoms with Gasteiger partial charge in [-0.1, -0.05) is 6.92 Å². The molecule has 0 saturated carbocycles. The molecule has 0 radical (unpaired) electrons. The number of piperidine rings is 2. The Kier molecular flexibility index (Phi) is 4.83. The molecule has 0 amide bonds. The highest BCUT2D eigenvalue weighted by molar-refractivity contribution is 4.83. The van der Waals surface area contributed by atoms with Crippen LogP contribution in [-0.2, 0) is 0 Å². The van der Waals surface area contributed by atoms with Gasteiger partial charge in [0.1, 0.15) is 0 Å². The van der Waals surface area contributed by atoms with Gasteiger partial charge < -0.3 is 15.1 Å². The summed E-state index contributed by atoms with van der Waals surface area (Å²) in [6, 6.07) is 0.749. The van der Waals surface area contributed by atoms with E-state index in [0.717, 1.165) is 17.9 Å². The molecule has 2 rings (SSSR count). The summed E-state index contributed by atoms with van der Waals surface area (Å²) in [7, 11) is 4.49. The molecule has 2 aliphatic rings. The van der Waals surface area contributed by atoms with E-state index in [1.165, 1.54) is 52.0 Å². The van der Waals surface area contributed by atoms with E-state index < -0.39 is 0 Å². The van der Waals surface area contributed by atoms with Crippen LogP contribution in [0.5, 0.6) is 0 Å². The summed E-state index contributed by atoms with van der Waals surface area (Å²) in [5.74, 6) is 1.68. The molecular formula is C14H29N3. The Morgan fingerprint density at radius 1 is 1.06 bits per heavy atom. The smallest absolute Gasteiger partial charge is 0.0117 e. The third kappa shape index (κ3) is 3.94. The van der Waals surface area contributed by atoms with E-state index in [-0.39, 0.29) is 0 Å². The number of hydrogen-bond acceptors (Lipinski definition) is 3. The molecule has 2 heterocycles. The van der Waals surface area contributed by atoms with Crippen LogP contribution < -0.4 is 5.32 Å². The van der Waals surface area contributed by atoms with Crippen LogP contribution in [0.15, 0.2) is 0 Å². The quantitative estimate of drug-likeness (QED) is 0.800. The molecule has 3 atom stereocenters. The highest BCUT2D eigenvalue weighted by atomic mass is 15.1. The number of likely N-dealkylation sites (tertiary alicyclic amines) is 2. The second-order valence-electron chi connectivity index (χ2n) is 6.31. The molecular weight excluding hydrogens is 210 g/mol. The minimum Gasteiger partial charge on any atom is -0.313 e. The zero-order valence-corrected chi connectivity index (χ0v) is 11.8. The molecule has 0 bridgehead atoms. The van der Waals surface area contributed by atoms with Gasteiger partial charge in [0.2, 0.25) is 0 Å². The van der Waals surface area contributed by atoms with Gasteiger partial charge in [-0.05, 0) is 64.8 Å². The SMILES string of the molecule is CC1CN(C)CCC1NCC1CCCN(C)C1. The van der Waals surface area contributed by atoms with E-state index in [1.54, 1.807) is 0 Å². The molecule has 0 aliphatic carbocycles. The zero-order chi connectivity index (χ0) is 12.3. The van der Waals surface area contributed by atoms with Gasteiger partial charge in [-0.25, -0.2) is 0 Å². The van der Waals surface area contributed by atoms with Crippen molar-refractivity contribution in [3.8, 4) is 0 Å². The molecule has 0 aromatic carbocycles. The molecule has 3 unspecified atom stereocenters. The van der Waals surface area contributed by atoms with Crippen LogP contribution >= 0.6 is 0 Å². The highest BCUT2D eigenvalue weighted by Crippen LogP contribution is 2.18. The van der Waals surface area contributed by atoms with Crippen molar-refractivity contribution >= 4 is 0 Å². The van der Waals surface area contributed by atoms with Gasteiger partial charge in [0.15, 0.2) is 0 Å². The van der Waals surface area contributed by atoms with Gasteiger partial charge in [0, 0.05) is 19.1 Å². The maximum absolute atomic E-state index is 3.83. The Morgan fingerprint density at radius 3 is 2.53 bits per heavy atom. The van der Waals surface area contributed by atoms with Gasteiger partial charge in [-0.15, -0.1) is 0 Å². The third-order valence-corrected chi connectivity index (χ3v) is 4.50. The minimum absolute atomic E-state index is 0.749. The largest absolute Gasteiger partial charge is 0.313 e. The molecule has 2 aliphatic heterocycles. The lowest BCUT2D eigenvalue weighted by molar-refractivity contribution is 0.156. The molecule has 3 heteroatoms. The van der Waals surface area contributed by atoms with Crippen molar-refractivity contribution in [3.63, 3.8) is 0 Å². The van der Waals surface area contributed by atoms with Gasteiger partial charge in [-0.3, -0.25) is 0 Å². The second-order valence-corrected chi connectivity index (χ2v) is 6.31. The fourth-order valence-corrected chi connectivity index (χ4v) is 3.42. The predicted molar refractivity (Wildman–Crippen MR) is 73.3 cm³/mol. The molecule has 0 aromatic heterocycles. The van der Waals surface area contributed by atoms with E-state index in [2.05, 4.69) is 36.1 Å². The van der Waals surface area contributed by atoms with Crippen molar-refractivity contribution in [1.82, 2.24) is 15.1 Å². The lowest BCUT2D eigenvalue weighted by Crippen LogP contribution is -2.49. The Labute approximate surface area is 107 Å². The van der Waals surface area contributed by atoms with Crippen molar-refractivity contribution in [3.05, 3.63) is 0 Å². The molecule has 3 nitrogen and oxygen atoms in total. The third-order valence-electron chi connectivity index (χ3n) is 4.50. The summed E-state index contributed by atoms with van der Waals surface area (Å²) in [5.41, 5.74) is 0. The Bertz CT molecular complexity index is 232. The number of rotatable bonds is 3. The van der Waals surface area contributed by atoms with E-state index in [9.17, 15) is 0 Å². The van der Waals surface area contributed by atoms with Crippen LogP contribution in [0.4, 0.5) is 0 Å². The van der Waals surface area contributed by atoms with Gasteiger partial charge in [0.05, 0.1) is 0 Å². The molecule has 2 saturated heterocycles. The highest BCUT2D eigenvalue weighted by Gasteiger charge is 2.25. The van der Waals surface area contributed by atoms with Crippen LogP contribution in [0.25, 0.3) is 0 Å². The number of nitrogens with zero attached hydrogens (tertiary/aromatic N) is 2. The van der Waals surface area contributed by atoms with E-state index >= 15 is 0 Å². The maximum Gasteiger partial charge on any atom is 0.0117 e. The second kappa shape index (κ2) is 6.17. The minimum atomic E-state index is 0.749. The van der Waals surface area contributed by atoms with Crippen LogP contribution in [0.2, 0.25) is 0 Å². The molecule has 0 spiro atoms. The molecule has 2 fully saturated rings. The monoisotopic (exact) mass is 239 g/mol. The first-order valence-corrected chi connectivity index (χ1v) is 7.25. The predicted octanol–water partition coefficient (Wildman–Crippen LogP) is 1.26. The average molecular weight is 239 g/mol. The lowest BCUT2D eigenvalue weighted by atomic mass is 9.92. The van der Waals surface area contributed by atoms with Crippen LogP contribution in [0.1, 0.15) is 26.2 Å². The first kappa shape index (κ1) is 13.3. The first-order valence-electron chi connectivity index (χ1n) is 7.25. The fraction of sp³-hybridized carbons (Fsp3) is 1.00. The van der Waals surface area contributed by atoms with Crippen molar-refractivity contribution in [1.29, 1.82) is 0 Å². The maximum atomic E-state index is 3.83. The van der Waals surface area contributed by atoms with Gasteiger partial charge in [-0.2, -0.15) is 0 Å². The molecule has 1 N–H and O–H groups in total. The van der Waals surface area contributed by atoms with Crippen molar-refractivity contribution in [2.24, 2.45) is 11.8 Å². The average Bonchev–Trinajstić information content (AvgIpc) is 2.28. The van der Waals surface area contributed by atoms with Crippen molar-refractivity contribution < 1.29 is 0 Å². The van der Waals surface area contributed by atoms with Crippen molar-refractivity contribution in [2.45, 2.75) is 32.2 Å². The molecule has 100 valence electrons. The van der Waals surface area contributed by atoms with E-state index in [1.807, 2.05) is 0 Å². The van der Waals surface area contributed by atoms with Crippen molar-refractivity contribution in [2.75, 3.05) is 46.8 Å². The zero-order valence-electron chi connectivity index (χ0n) is 11.8. The summed E-state index contributed by atoms with van der Waals surface area (Å²) < 4.78 is 0. The summed E-state index contributed by atoms with van der Waals surface area (Å²) in [6.07, 6.45) is 4.12. The van der Waals surface area contributed by atoms with E-state index in [4.69, 9.17) is 0 Å². The number of hydrogen-bond donors (Lipinski definition) is 1. The molecule has 0 aromatic rings. The van der Waals surface area contributed by atoms with Gasteiger partial charge in [0.25, 0.3) is 0 Å². The summed E-state index contributed by atoms with van der Waals surface area (Å²) in [5, 5.41) is 3.83. The Hall–Kier alpha value is -0.120. The van der Waals surface area contributed by atoms with Crippen LogP contribution in [0.3, 0.4) is 0 Å². The first-order chi connectivity index (χ1) is 8.15. The van der Waals surface area contributed by atoms with Crippen LogP contribution in [0, 0.1) is 11.8 Å². The standard InChI is InChI=1S/C14H29N3/c1-12-10-17(3)8-6-14(12)15-9-13-5-4-7-16(2)11-13/h12-15H,4-11H2,1-3H3. The lowest BCUT2D eigenvalue weighted by Gasteiger charge is -2.37. The normalized spacial score (nSPS) is 37.2. The number of nitrogens with one attached hydrogen (secondary N) is 1. The Morgan fingerprint density at radius 2 is 1.82 bits per heavy atom. The topological polar surface area (TPSA) is 18.5 Å². The summed E-state index contributed by atoms with van der Waals surface area (Å²) in [4.78, 5) is 4.94. The summed E-state index contributed by atoms with van der Waals surface area (Å²) >= 11 is 0. The van der Waals surface area contributed by atoms with E-state index in [0.29, 0.717) is 0 Å². The van der Waals surface area contributed by atoms with Gasteiger partial charge >= 0.3 is 0 Å². The van der Waals surface area contributed by atoms with Crippen LogP contribution in [-0.4, -0.2) is 62.7 Å². The Balaban J connectivity index is 1.70. The molecule has 17 heavy (non-hydrogen) atoms. The fourth-order valence-electron chi connectivity index (χ4n) is 3.42.